The van der Waals surface area contributed by atoms with Gasteiger partial charge in [-0.2, -0.15) is 4.98 Å². The van der Waals surface area contributed by atoms with Gasteiger partial charge in [-0.1, -0.05) is 13.8 Å². The van der Waals surface area contributed by atoms with E-state index in [1.165, 1.54) is 28.6 Å². The Kier molecular flexibility index (Phi) is 3.42. The van der Waals surface area contributed by atoms with Gasteiger partial charge < -0.3 is 5.73 Å². The van der Waals surface area contributed by atoms with Gasteiger partial charge in [0.1, 0.15) is 17.4 Å². The molecule has 0 bridgehead atoms. The van der Waals surface area contributed by atoms with E-state index in [0.29, 0.717) is 0 Å². The van der Waals surface area contributed by atoms with Crippen LogP contribution >= 0.6 is 11.8 Å². The summed E-state index contributed by atoms with van der Waals surface area (Å²) in [5, 5.41) is -0.227. The fraction of sp³-hybridized carbons (Fsp3) is 0.636. The highest BCUT2D eigenvalue weighted by Crippen LogP contribution is 2.47. The van der Waals surface area contributed by atoms with Crippen molar-refractivity contribution < 1.29 is 4.39 Å². The second-order valence-electron chi connectivity index (χ2n) is 4.32. The number of nitrogen functional groups attached to an aromatic ring is 1. The van der Waals surface area contributed by atoms with E-state index in [1.807, 2.05) is 13.8 Å². The fourth-order valence-electron chi connectivity index (χ4n) is 2.15. The summed E-state index contributed by atoms with van der Waals surface area (Å²) < 4.78 is 15.5. The molecule has 0 aromatic carbocycles. The van der Waals surface area contributed by atoms with E-state index in [1.54, 1.807) is 0 Å². The molecule has 0 amide bonds. The van der Waals surface area contributed by atoms with Gasteiger partial charge in [0.15, 0.2) is 0 Å². The van der Waals surface area contributed by atoms with Crippen LogP contribution in [0.2, 0.25) is 0 Å². The van der Waals surface area contributed by atoms with Crippen molar-refractivity contribution in [1.29, 1.82) is 0 Å². The molecule has 1 aromatic heterocycles. The van der Waals surface area contributed by atoms with Crippen molar-refractivity contribution in [1.82, 2.24) is 9.55 Å². The molecule has 2 rings (SSSR count). The van der Waals surface area contributed by atoms with E-state index < -0.39 is 17.2 Å². The molecule has 2 heterocycles. The molecular weight excluding hydrogens is 241 g/mol. The molecule has 94 valence electrons. The van der Waals surface area contributed by atoms with Crippen molar-refractivity contribution in [2.45, 2.75) is 37.1 Å². The Hall–Kier alpha value is -1.04. The SMILES string of the molecule is CC[C@H]1S[C@@H](n2ccc(N)nc2=O)[C@@H](F)[C@@H]1C. The third kappa shape index (κ3) is 2.18. The lowest BCUT2D eigenvalue weighted by Gasteiger charge is -2.15. The summed E-state index contributed by atoms with van der Waals surface area (Å²) in [6.45, 7) is 3.93. The molecule has 1 aliphatic heterocycles. The van der Waals surface area contributed by atoms with Crippen molar-refractivity contribution >= 4 is 17.6 Å². The van der Waals surface area contributed by atoms with Crippen molar-refractivity contribution in [3.05, 3.63) is 22.7 Å². The third-order valence-electron chi connectivity index (χ3n) is 3.20. The van der Waals surface area contributed by atoms with Gasteiger partial charge in [-0.15, -0.1) is 11.8 Å². The lowest BCUT2D eigenvalue weighted by molar-refractivity contribution is 0.219. The summed E-state index contributed by atoms with van der Waals surface area (Å²) in [6, 6.07) is 1.53. The Morgan fingerprint density at radius 3 is 2.88 bits per heavy atom. The van der Waals surface area contributed by atoms with E-state index in [4.69, 9.17) is 5.73 Å². The Labute approximate surface area is 103 Å². The highest BCUT2D eigenvalue weighted by molar-refractivity contribution is 8.00. The minimum atomic E-state index is -1.02. The molecule has 0 unspecified atom stereocenters. The van der Waals surface area contributed by atoms with Crippen LogP contribution < -0.4 is 11.4 Å². The van der Waals surface area contributed by atoms with Gasteiger partial charge in [0.25, 0.3) is 0 Å². The van der Waals surface area contributed by atoms with Gasteiger partial charge in [0.2, 0.25) is 0 Å². The van der Waals surface area contributed by atoms with Crippen LogP contribution in [0.3, 0.4) is 0 Å². The van der Waals surface area contributed by atoms with Crippen LogP contribution in [0.5, 0.6) is 0 Å². The topological polar surface area (TPSA) is 60.9 Å². The number of anilines is 1. The average Bonchev–Trinajstić information content (AvgIpc) is 2.57. The van der Waals surface area contributed by atoms with Crippen molar-refractivity contribution in [3.63, 3.8) is 0 Å². The highest BCUT2D eigenvalue weighted by atomic mass is 32.2. The predicted molar refractivity (Wildman–Crippen MR) is 67.7 cm³/mol. The number of thioether (sulfide) groups is 1. The summed E-state index contributed by atoms with van der Waals surface area (Å²) in [7, 11) is 0. The van der Waals surface area contributed by atoms with Crippen LogP contribution in [0.15, 0.2) is 17.1 Å². The summed E-state index contributed by atoms with van der Waals surface area (Å²) in [6.07, 6.45) is 1.41. The number of aromatic nitrogens is 2. The maximum atomic E-state index is 14.1. The minimum absolute atomic E-state index is 0.0422. The molecule has 0 aliphatic carbocycles. The molecular formula is C11H16FN3OS. The number of rotatable bonds is 2. The molecule has 2 N–H and O–H groups in total. The summed E-state index contributed by atoms with van der Waals surface area (Å²) >= 11 is 1.51. The molecule has 0 saturated carbocycles. The predicted octanol–water partition coefficient (Wildman–Crippen LogP) is 1.82. The van der Waals surface area contributed by atoms with Crippen molar-refractivity contribution in [2.75, 3.05) is 5.73 Å². The molecule has 1 aromatic rings. The first-order valence-electron chi connectivity index (χ1n) is 5.68. The van der Waals surface area contributed by atoms with Gasteiger partial charge in [-0.3, -0.25) is 4.57 Å². The minimum Gasteiger partial charge on any atom is -0.383 e. The molecule has 1 aliphatic rings. The van der Waals surface area contributed by atoms with E-state index in [2.05, 4.69) is 4.98 Å². The molecule has 6 heteroatoms. The summed E-state index contributed by atoms with van der Waals surface area (Å²) in [4.78, 5) is 15.3. The molecule has 0 radical (unpaired) electrons. The van der Waals surface area contributed by atoms with Crippen LogP contribution in [-0.4, -0.2) is 21.0 Å². The molecule has 17 heavy (non-hydrogen) atoms. The van der Waals surface area contributed by atoms with Gasteiger partial charge >= 0.3 is 5.69 Å². The van der Waals surface area contributed by atoms with Crippen LogP contribution in [0.25, 0.3) is 0 Å². The zero-order valence-electron chi connectivity index (χ0n) is 9.84. The smallest absolute Gasteiger partial charge is 0.350 e. The molecule has 0 spiro atoms. The third-order valence-corrected chi connectivity index (χ3v) is 5.08. The second kappa shape index (κ2) is 4.68. The van der Waals surface area contributed by atoms with Crippen molar-refractivity contribution in [3.8, 4) is 0 Å². The molecule has 4 nitrogen and oxygen atoms in total. The first-order chi connectivity index (χ1) is 8.04. The lowest BCUT2D eigenvalue weighted by Crippen LogP contribution is -2.29. The zero-order valence-corrected chi connectivity index (χ0v) is 10.7. The average molecular weight is 257 g/mol. The Morgan fingerprint density at radius 2 is 2.35 bits per heavy atom. The number of hydrogen-bond donors (Lipinski definition) is 1. The van der Waals surface area contributed by atoms with E-state index >= 15 is 0 Å². The van der Waals surface area contributed by atoms with Gasteiger partial charge in [0.05, 0.1) is 0 Å². The monoisotopic (exact) mass is 257 g/mol. The molecule has 1 saturated heterocycles. The van der Waals surface area contributed by atoms with Crippen LogP contribution in [0, 0.1) is 5.92 Å². The second-order valence-corrected chi connectivity index (χ2v) is 5.68. The number of halogens is 1. The Balaban J connectivity index is 2.32. The Morgan fingerprint density at radius 1 is 1.65 bits per heavy atom. The Bertz CT molecular complexity index is 464. The summed E-state index contributed by atoms with van der Waals surface area (Å²) in [5.41, 5.74) is 4.94. The van der Waals surface area contributed by atoms with E-state index in [-0.39, 0.29) is 17.0 Å². The highest BCUT2D eigenvalue weighted by Gasteiger charge is 2.42. The normalized spacial score (nSPS) is 32.9. The van der Waals surface area contributed by atoms with Gasteiger partial charge in [-0.05, 0) is 12.5 Å². The number of nitrogens with two attached hydrogens (primary N) is 1. The van der Waals surface area contributed by atoms with E-state index in [9.17, 15) is 9.18 Å². The van der Waals surface area contributed by atoms with E-state index in [0.717, 1.165) is 6.42 Å². The van der Waals surface area contributed by atoms with Gasteiger partial charge in [-0.25, -0.2) is 9.18 Å². The first-order valence-corrected chi connectivity index (χ1v) is 6.63. The first kappa shape index (κ1) is 12.4. The van der Waals surface area contributed by atoms with Gasteiger partial charge in [0, 0.05) is 17.4 Å². The molecule has 4 atom stereocenters. The maximum Gasteiger partial charge on any atom is 0.350 e. The standard InChI is InChI=1S/C11H16FN3OS/c1-3-7-6(2)9(12)10(17-7)15-5-4-8(13)14-11(15)16/h4-7,9-10H,3H2,1-2H3,(H2,13,14,16)/t6-,7-,9+,10-/m1/s1. The fourth-order valence-corrected chi connectivity index (χ4v) is 3.79. The van der Waals surface area contributed by atoms with Crippen LogP contribution in [-0.2, 0) is 0 Å². The number of alkyl halides is 1. The largest absolute Gasteiger partial charge is 0.383 e. The van der Waals surface area contributed by atoms with Crippen molar-refractivity contribution in [2.24, 2.45) is 5.92 Å². The number of nitrogens with zero attached hydrogens (tertiary/aromatic N) is 2. The maximum absolute atomic E-state index is 14.1. The number of hydrogen-bond acceptors (Lipinski definition) is 4. The summed E-state index contributed by atoms with van der Waals surface area (Å²) in [5.74, 6) is 0.129. The quantitative estimate of drug-likeness (QED) is 0.878. The zero-order chi connectivity index (χ0) is 12.6. The van der Waals surface area contributed by atoms with Crippen LogP contribution in [0.1, 0.15) is 25.6 Å². The van der Waals surface area contributed by atoms with Crippen LogP contribution in [0.4, 0.5) is 10.2 Å². The molecule has 1 fully saturated rings. The lowest BCUT2D eigenvalue weighted by atomic mass is 10.0.